The number of carbonyl (C=O) groups excluding carboxylic acids is 1. The quantitative estimate of drug-likeness (QED) is 0.383. The number of aliphatic carboxylic acids is 1. The third kappa shape index (κ3) is 5.78. The van der Waals surface area contributed by atoms with E-state index in [0.717, 1.165) is 47.9 Å². The zero-order valence-electron chi connectivity index (χ0n) is 22.5. The Morgan fingerprint density at radius 1 is 1.00 bits per heavy atom. The van der Waals surface area contributed by atoms with Gasteiger partial charge in [0.05, 0.1) is 12.7 Å². The number of ether oxygens (including phenoxy) is 3. The number of carbonyl (C=O) groups is 2. The van der Waals surface area contributed by atoms with Crippen LogP contribution in [0.4, 0.5) is 0 Å². The molecule has 1 N–H and O–H groups in total. The highest BCUT2D eigenvalue weighted by molar-refractivity contribution is 5.88. The van der Waals surface area contributed by atoms with E-state index in [0.29, 0.717) is 18.1 Å². The van der Waals surface area contributed by atoms with E-state index in [1.54, 1.807) is 7.11 Å². The van der Waals surface area contributed by atoms with Crippen molar-refractivity contribution in [3.8, 4) is 11.5 Å². The Hall–Kier alpha value is -3.84. The predicted octanol–water partition coefficient (Wildman–Crippen LogP) is 5.70. The summed E-state index contributed by atoms with van der Waals surface area (Å²) < 4.78 is 18.3. The van der Waals surface area contributed by atoms with Crippen LogP contribution in [0.5, 0.6) is 11.5 Å². The van der Waals surface area contributed by atoms with E-state index in [1.165, 1.54) is 4.90 Å². The molecular weight excluding hydrogens is 494 g/mol. The third-order valence-electron chi connectivity index (χ3n) is 7.84. The lowest BCUT2D eigenvalue weighted by molar-refractivity contribution is -0.166. The molecule has 2 atom stereocenters. The molecule has 1 aliphatic carbocycles. The summed E-state index contributed by atoms with van der Waals surface area (Å²) in [6.07, 6.45) is 3.07. The maximum Gasteiger partial charge on any atom is 0.326 e. The van der Waals surface area contributed by atoms with E-state index in [1.807, 2.05) is 79.7 Å². The fourth-order valence-electron chi connectivity index (χ4n) is 5.68. The Bertz CT molecular complexity index is 1300. The van der Waals surface area contributed by atoms with Crippen molar-refractivity contribution in [3.05, 3.63) is 95.1 Å². The number of benzene rings is 3. The molecule has 2 aliphatic rings. The molecule has 0 saturated heterocycles. The first-order valence-corrected chi connectivity index (χ1v) is 13.5. The number of hydrogen-bond donors (Lipinski definition) is 1. The summed E-state index contributed by atoms with van der Waals surface area (Å²) in [5, 5.41) is 10.3. The van der Waals surface area contributed by atoms with Crippen LogP contribution in [0.25, 0.3) is 0 Å². The molecule has 0 radical (unpaired) electrons. The Morgan fingerprint density at radius 2 is 1.67 bits per heavy atom. The summed E-state index contributed by atoms with van der Waals surface area (Å²) in [6, 6.07) is 21.8. The highest BCUT2D eigenvalue weighted by Gasteiger charge is 2.42. The summed E-state index contributed by atoms with van der Waals surface area (Å²) in [5.41, 5.74) is 2.88. The lowest BCUT2D eigenvalue weighted by Gasteiger charge is -2.39. The smallest absolute Gasteiger partial charge is 0.326 e. The second-order valence-corrected chi connectivity index (χ2v) is 10.6. The monoisotopic (exact) mass is 529 g/mol. The second-order valence-electron chi connectivity index (χ2n) is 10.6. The molecule has 1 heterocycles. The van der Waals surface area contributed by atoms with Crippen LogP contribution in [-0.2, 0) is 33.9 Å². The number of fused-ring (bicyclic) bond motifs is 1. The SMILES string of the molecule is COc1ccc2c(c1OCc1ccccc1)CC(C(=O)O)N(C(=O)C(OC1(C)CCCC1)c1ccccc1)C2. The van der Waals surface area contributed by atoms with Gasteiger partial charge in [-0.2, -0.15) is 0 Å². The van der Waals surface area contributed by atoms with Crippen LogP contribution in [-0.4, -0.2) is 40.6 Å². The van der Waals surface area contributed by atoms with Crippen molar-refractivity contribution in [1.29, 1.82) is 0 Å². The van der Waals surface area contributed by atoms with Gasteiger partial charge in [0.25, 0.3) is 5.91 Å². The van der Waals surface area contributed by atoms with Crippen molar-refractivity contribution < 1.29 is 28.9 Å². The average molecular weight is 530 g/mol. The second kappa shape index (κ2) is 11.5. The third-order valence-corrected chi connectivity index (χ3v) is 7.84. The van der Waals surface area contributed by atoms with Crippen LogP contribution in [0, 0.1) is 0 Å². The maximum absolute atomic E-state index is 14.2. The lowest BCUT2D eigenvalue weighted by Crippen LogP contribution is -2.51. The van der Waals surface area contributed by atoms with Crippen molar-refractivity contribution in [1.82, 2.24) is 4.90 Å². The number of amides is 1. The van der Waals surface area contributed by atoms with E-state index in [9.17, 15) is 14.7 Å². The number of rotatable bonds is 9. The van der Waals surface area contributed by atoms with E-state index >= 15 is 0 Å². The van der Waals surface area contributed by atoms with Crippen molar-refractivity contribution in [3.63, 3.8) is 0 Å². The van der Waals surface area contributed by atoms with Gasteiger partial charge in [-0.15, -0.1) is 0 Å². The summed E-state index contributed by atoms with van der Waals surface area (Å²) in [7, 11) is 1.57. The molecule has 1 saturated carbocycles. The molecule has 3 aromatic carbocycles. The molecule has 1 amide bonds. The summed E-state index contributed by atoms with van der Waals surface area (Å²) in [6.45, 7) is 2.50. The molecule has 2 unspecified atom stereocenters. The van der Waals surface area contributed by atoms with Gasteiger partial charge in [0.15, 0.2) is 17.6 Å². The maximum atomic E-state index is 14.2. The standard InChI is InChI=1S/C32H35NO6/c1-32(17-9-10-18-32)39-28(23-13-7-4-8-14-23)30(34)33-20-24-15-16-27(37-2)29(25(24)19-26(33)31(35)36)38-21-22-11-5-3-6-12-22/h3-8,11-16,26,28H,9-10,17-21H2,1-2H3,(H,35,36). The summed E-state index contributed by atoms with van der Waals surface area (Å²) in [4.78, 5) is 28.2. The van der Waals surface area contributed by atoms with Crippen LogP contribution in [0.1, 0.15) is 61.0 Å². The van der Waals surface area contributed by atoms with Crippen LogP contribution >= 0.6 is 0 Å². The lowest BCUT2D eigenvalue weighted by atomic mass is 9.91. The number of methoxy groups -OCH3 is 1. The van der Waals surface area contributed by atoms with E-state index < -0.39 is 23.7 Å². The minimum Gasteiger partial charge on any atom is -0.493 e. The van der Waals surface area contributed by atoms with Gasteiger partial charge in [-0.05, 0) is 42.5 Å². The van der Waals surface area contributed by atoms with Crippen LogP contribution in [0.2, 0.25) is 0 Å². The normalized spacial score (nSPS) is 18.7. The minimum absolute atomic E-state index is 0.108. The van der Waals surface area contributed by atoms with Gasteiger partial charge >= 0.3 is 5.97 Å². The number of carboxylic acids is 1. The van der Waals surface area contributed by atoms with E-state index in [2.05, 4.69) is 0 Å². The molecule has 5 rings (SSSR count). The molecule has 1 aliphatic heterocycles. The highest BCUT2D eigenvalue weighted by Crippen LogP contribution is 2.41. The first kappa shape index (κ1) is 26.8. The van der Waals surface area contributed by atoms with Gasteiger partial charge in [-0.3, -0.25) is 4.79 Å². The van der Waals surface area contributed by atoms with Gasteiger partial charge in [-0.25, -0.2) is 4.79 Å². The zero-order chi connectivity index (χ0) is 27.4. The first-order valence-electron chi connectivity index (χ1n) is 13.5. The molecule has 3 aromatic rings. The zero-order valence-corrected chi connectivity index (χ0v) is 22.5. The molecule has 0 bridgehead atoms. The highest BCUT2D eigenvalue weighted by atomic mass is 16.5. The largest absolute Gasteiger partial charge is 0.493 e. The molecule has 7 heteroatoms. The molecular formula is C32H35NO6. The number of hydrogen-bond acceptors (Lipinski definition) is 5. The summed E-state index contributed by atoms with van der Waals surface area (Å²) in [5.74, 6) is -0.348. The fraction of sp³-hybridized carbons (Fsp3) is 0.375. The van der Waals surface area contributed by atoms with E-state index in [-0.39, 0.29) is 18.9 Å². The number of nitrogens with zero attached hydrogens (tertiary/aromatic N) is 1. The van der Waals surface area contributed by atoms with Crippen molar-refractivity contribution in [2.24, 2.45) is 0 Å². The van der Waals surface area contributed by atoms with Gasteiger partial charge in [0.1, 0.15) is 12.6 Å². The topological polar surface area (TPSA) is 85.3 Å². The Morgan fingerprint density at radius 3 is 2.31 bits per heavy atom. The number of carboxylic acid groups (broad SMARTS) is 1. The van der Waals surface area contributed by atoms with Crippen LogP contribution < -0.4 is 9.47 Å². The van der Waals surface area contributed by atoms with Gasteiger partial charge in [-0.1, -0.05) is 79.6 Å². The van der Waals surface area contributed by atoms with Gasteiger partial charge in [0.2, 0.25) is 0 Å². The van der Waals surface area contributed by atoms with Crippen molar-refractivity contribution in [2.45, 2.75) is 69.9 Å². The van der Waals surface area contributed by atoms with Crippen LogP contribution in [0.3, 0.4) is 0 Å². The first-order chi connectivity index (χ1) is 18.9. The van der Waals surface area contributed by atoms with Gasteiger partial charge < -0.3 is 24.2 Å². The Balaban J connectivity index is 1.47. The molecule has 39 heavy (non-hydrogen) atoms. The van der Waals surface area contributed by atoms with Gasteiger partial charge in [0, 0.05) is 18.5 Å². The predicted molar refractivity (Wildman–Crippen MR) is 147 cm³/mol. The minimum atomic E-state index is -1.07. The average Bonchev–Trinajstić information content (AvgIpc) is 3.40. The molecule has 1 fully saturated rings. The Kier molecular flexibility index (Phi) is 7.89. The molecule has 7 nitrogen and oxygen atoms in total. The van der Waals surface area contributed by atoms with Crippen LogP contribution in [0.15, 0.2) is 72.8 Å². The molecule has 0 aromatic heterocycles. The fourth-order valence-corrected chi connectivity index (χ4v) is 5.68. The molecule has 204 valence electrons. The van der Waals surface area contributed by atoms with Crippen molar-refractivity contribution in [2.75, 3.05) is 7.11 Å². The Labute approximate surface area is 229 Å². The van der Waals surface area contributed by atoms with E-state index in [4.69, 9.17) is 14.2 Å². The van der Waals surface area contributed by atoms with Crippen molar-refractivity contribution >= 4 is 11.9 Å². The summed E-state index contributed by atoms with van der Waals surface area (Å²) >= 11 is 0. The molecule has 0 spiro atoms.